The van der Waals surface area contributed by atoms with E-state index < -0.39 is 55.3 Å². The minimum atomic E-state index is -1.43. The molecule has 0 amide bonds. The standard InChI is InChI=1S/C21H27NO9S/c1-11-18(31-20-17(26)19(27-2)14(23)9-28-20)15(24)16(25)21(29-11)30-13-5-3-12(4-6-13)7-8-22-10-32/h3-8,11,14-21,23-26H,9H2,1-2H3/b8-7+/t11-,14-,15-,16+,17-,18-,19+,20?,21-/m1/s1. The lowest BCUT2D eigenvalue weighted by atomic mass is 9.99. The van der Waals surface area contributed by atoms with Gasteiger partial charge < -0.3 is 44.1 Å². The summed E-state index contributed by atoms with van der Waals surface area (Å²) in [5, 5.41) is 43.6. The first-order chi connectivity index (χ1) is 15.3. The molecule has 2 aliphatic heterocycles. The number of rotatable bonds is 7. The van der Waals surface area contributed by atoms with E-state index in [2.05, 4.69) is 22.4 Å². The predicted molar refractivity (Wildman–Crippen MR) is 115 cm³/mol. The molecule has 176 valence electrons. The van der Waals surface area contributed by atoms with Gasteiger partial charge in [0, 0.05) is 13.3 Å². The van der Waals surface area contributed by atoms with Gasteiger partial charge in [-0.15, -0.1) is 0 Å². The van der Waals surface area contributed by atoms with Gasteiger partial charge in [0.15, 0.2) is 6.29 Å². The lowest BCUT2D eigenvalue weighted by Gasteiger charge is -2.44. The molecule has 3 rings (SSSR count). The van der Waals surface area contributed by atoms with E-state index in [-0.39, 0.29) is 6.61 Å². The average molecular weight is 470 g/mol. The second-order valence-electron chi connectivity index (χ2n) is 7.47. The number of methoxy groups -OCH3 is 1. The lowest BCUT2D eigenvalue weighted by Crippen LogP contribution is -2.62. The topological polar surface area (TPSA) is 139 Å². The van der Waals surface area contributed by atoms with Gasteiger partial charge in [0.2, 0.25) is 6.29 Å². The van der Waals surface area contributed by atoms with Crippen molar-refractivity contribution in [3.8, 4) is 5.75 Å². The fraction of sp³-hybridized carbons (Fsp3) is 0.571. The van der Waals surface area contributed by atoms with Crippen LogP contribution in [0.15, 0.2) is 35.5 Å². The molecule has 1 aromatic rings. The smallest absolute Gasteiger partial charge is 0.229 e. The fourth-order valence-corrected chi connectivity index (χ4v) is 3.64. The molecule has 0 aliphatic carbocycles. The maximum atomic E-state index is 10.6. The highest BCUT2D eigenvalue weighted by Crippen LogP contribution is 2.29. The zero-order chi connectivity index (χ0) is 23.3. The quantitative estimate of drug-likeness (QED) is 0.321. The van der Waals surface area contributed by atoms with Crippen LogP contribution >= 0.6 is 12.2 Å². The van der Waals surface area contributed by atoms with Crippen LogP contribution in [0.25, 0.3) is 6.08 Å². The molecule has 32 heavy (non-hydrogen) atoms. The van der Waals surface area contributed by atoms with E-state index in [9.17, 15) is 20.4 Å². The summed E-state index contributed by atoms with van der Waals surface area (Å²) in [6.07, 6.45) is -6.86. The van der Waals surface area contributed by atoms with Crippen LogP contribution in [0.1, 0.15) is 12.5 Å². The molecule has 1 unspecified atom stereocenters. The van der Waals surface area contributed by atoms with Gasteiger partial charge in [0.25, 0.3) is 0 Å². The molecule has 0 aromatic heterocycles. The Hall–Kier alpha value is -1.76. The third-order valence-corrected chi connectivity index (χ3v) is 5.40. The molecular weight excluding hydrogens is 442 g/mol. The van der Waals surface area contributed by atoms with Crippen LogP contribution in [0.5, 0.6) is 5.75 Å². The first kappa shape index (κ1) is 24.9. The molecule has 4 N–H and O–H groups in total. The van der Waals surface area contributed by atoms with Gasteiger partial charge in [-0.1, -0.05) is 12.1 Å². The Kier molecular flexibility index (Phi) is 8.86. The Balaban J connectivity index is 1.61. The molecule has 1 aromatic carbocycles. The second-order valence-corrected chi connectivity index (χ2v) is 7.66. The van der Waals surface area contributed by atoms with Gasteiger partial charge in [-0.2, -0.15) is 0 Å². The van der Waals surface area contributed by atoms with Gasteiger partial charge in [-0.05, 0) is 42.9 Å². The number of ether oxygens (including phenoxy) is 5. The first-order valence-electron chi connectivity index (χ1n) is 10.0. The zero-order valence-corrected chi connectivity index (χ0v) is 18.4. The maximum Gasteiger partial charge on any atom is 0.229 e. The maximum absolute atomic E-state index is 10.6. The number of thiocarbonyl (C=S) groups is 1. The van der Waals surface area contributed by atoms with Crippen molar-refractivity contribution in [2.24, 2.45) is 4.99 Å². The summed E-state index contributed by atoms with van der Waals surface area (Å²) in [6, 6.07) is 6.90. The number of nitrogens with zero attached hydrogens (tertiary/aromatic N) is 1. The number of aliphatic imine (C=N–C) groups is 1. The Morgan fingerprint density at radius 1 is 1.06 bits per heavy atom. The van der Waals surface area contributed by atoms with Crippen LogP contribution in [0.2, 0.25) is 0 Å². The Labute approximate surface area is 190 Å². The number of aliphatic hydroxyl groups is 4. The molecule has 2 saturated heterocycles. The number of hydrogen-bond acceptors (Lipinski definition) is 11. The first-order valence-corrected chi connectivity index (χ1v) is 10.4. The monoisotopic (exact) mass is 469 g/mol. The van der Waals surface area contributed by atoms with Gasteiger partial charge in [-0.3, -0.25) is 0 Å². The highest BCUT2D eigenvalue weighted by Gasteiger charge is 2.48. The SMILES string of the molecule is CO[C@H]1[C@H](O)COC(O[C@H]2[C@H](O)[C@H](O)[C@@H](Oc3ccc(/C=C/N=C=S)cc3)O[C@@H]2C)[C@@H]1O. The summed E-state index contributed by atoms with van der Waals surface area (Å²) < 4.78 is 27.5. The third kappa shape index (κ3) is 5.77. The van der Waals surface area contributed by atoms with Crippen molar-refractivity contribution in [2.45, 2.75) is 62.2 Å². The van der Waals surface area contributed by atoms with E-state index >= 15 is 0 Å². The minimum absolute atomic E-state index is 0.115. The average Bonchev–Trinajstić information content (AvgIpc) is 2.78. The molecule has 2 heterocycles. The predicted octanol–water partition coefficient (Wildman–Crippen LogP) is 0.0838. The number of aliphatic hydroxyl groups excluding tert-OH is 4. The second kappa shape index (κ2) is 11.4. The van der Waals surface area contributed by atoms with Crippen molar-refractivity contribution < 1.29 is 44.1 Å². The van der Waals surface area contributed by atoms with E-state index in [1.165, 1.54) is 13.3 Å². The summed E-state index contributed by atoms with van der Waals surface area (Å²) >= 11 is 4.49. The van der Waals surface area contributed by atoms with Gasteiger partial charge in [0.1, 0.15) is 42.4 Å². The summed E-state index contributed by atoms with van der Waals surface area (Å²) in [5.74, 6) is 0.422. The Morgan fingerprint density at radius 3 is 2.44 bits per heavy atom. The van der Waals surface area contributed by atoms with Crippen molar-refractivity contribution in [1.82, 2.24) is 0 Å². The summed E-state index contributed by atoms with van der Waals surface area (Å²) in [4.78, 5) is 3.69. The molecule has 0 radical (unpaired) electrons. The van der Waals surface area contributed by atoms with E-state index in [1.54, 1.807) is 37.3 Å². The molecular formula is C21H27NO9S. The van der Waals surface area contributed by atoms with Crippen LogP contribution < -0.4 is 4.74 Å². The van der Waals surface area contributed by atoms with E-state index in [1.807, 2.05) is 0 Å². The summed E-state index contributed by atoms with van der Waals surface area (Å²) in [6.45, 7) is 1.52. The largest absolute Gasteiger partial charge is 0.462 e. The van der Waals surface area contributed by atoms with Crippen molar-refractivity contribution in [1.29, 1.82) is 0 Å². The fourth-order valence-electron chi connectivity index (χ4n) is 3.58. The molecule has 2 fully saturated rings. The van der Waals surface area contributed by atoms with E-state index in [4.69, 9.17) is 23.7 Å². The van der Waals surface area contributed by atoms with Crippen LogP contribution in [0, 0.1) is 0 Å². The van der Waals surface area contributed by atoms with Gasteiger partial charge in [0.05, 0.1) is 17.9 Å². The highest BCUT2D eigenvalue weighted by molar-refractivity contribution is 7.78. The van der Waals surface area contributed by atoms with Crippen LogP contribution in [-0.2, 0) is 18.9 Å². The van der Waals surface area contributed by atoms with Crippen molar-refractivity contribution >= 4 is 23.5 Å². The highest BCUT2D eigenvalue weighted by atomic mass is 32.1. The lowest BCUT2D eigenvalue weighted by molar-refractivity contribution is -0.335. The van der Waals surface area contributed by atoms with Gasteiger partial charge >= 0.3 is 0 Å². The number of hydrogen-bond donors (Lipinski definition) is 4. The summed E-state index contributed by atoms with van der Waals surface area (Å²) in [7, 11) is 1.35. The van der Waals surface area contributed by atoms with Crippen LogP contribution in [0.3, 0.4) is 0 Å². The third-order valence-electron chi connectivity index (χ3n) is 5.29. The van der Waals surface area contributed by atoms with Crippen molar-refractivity contribution in [3.05, 3.63) is 36.0 Å². The van der Waals surface area contributed by atoms with Crippen molar-refractivity contribution in [3.63, 3.8) is 0 Å². The van der Waals surface area contributed by atoms with E-state index in [0.29, 0.717) is 5.75 Å². The molecule has 2 aliphatic rings. The Morgan fingerprint density at radius 2 is 1.78 bits per heavy atom. The molecule has 10 nitrogen and oxygen atoms in total. The van der Waals surface area contributed by atoms with Gasteiger partial charge in [-0.25, -0.2) is 4.99 Å². The van der Waals surface area contributed by atoms with Crippen LogP contribution in [-0.4, -0.2) is 94.6 Å². The molecule has 0 saturated carbocycles. The number of benzene rings is 1. The molecule has 11 heteroatoms. The number of isothiocyanates is 1. The zero-order valence-electron chi connectivity index (χ0n) is 17.6. The minimum Gasteiger partial charge on any atom is -0.462 e. The Bertz CT molecular complexity index is 816. The normalized spacial score (nSPS) is 37.8. The molecule has 9 atom stereocenters. The van der Waals surface area contributed by atoms with Crippen molar-refractivity contribution in [2.75, 3.05) is 13.7 Å². The summed E-state index contributed by atoms with van der Waals surface area (Å²) in [5.41, 5.74) is 0.851. The molecule has 0 spiro atoms. The molecule has 0 bridgehead atoms. The van der Waals surface area contributed by atoms with Crippen LogP contribution in [0.4, 0.5) is 0 Å². The van der Waals surface area contributed by atoms with E-state index in [0.717, 1.165) is 5.56 Å².